The van der Waals surface area contributed by atoms with Gasteiger partial charge in [0.2, 0.25) is 0 Å². The summed E-state index contributed by atoms with van der Waals surface area (Å²) in [7, 11) is 0. The van der Waals surface area contributed by atoms with Gasteiger partial charge < -0.3 is 9.74 Å². The molecule has 1 aromatic heterocycles. The summed E-state index contributed by atoms with van der Waals surface area (Å²) in [5.74, 6) is 0.644. The number of nitro benzene ring substituents is 1. The minimum atomic E-state index is -0.371. The lowest BCUT2D eigenvalue weighted by molar-refractivity contribution is -0.385. The minimum Gasteiger partial charge on any atom is -0.410 e. The van der Waals surface area contributed by atoms with Crippen molar-refractivity contribution in [1.82, 2.24) is 14.6 Å². The van der Waals surface area contributed by atoms with E-state index in [0.717, 1.165) is 25.2 Å². The minimum absolute atomic E-state index is 0.0654. The van der Waals surface area contributed by atoms with Crippen LogP contribution < -0.4 is 4.84 Å². The highest BCUT2D eigenvalue weighted by Gasteiger charge is 2.19. The van der Waals surface area contributed by atoms with E-state index < -0.39 is 0 Å². The molecule has 7 heteroatoms. The molecule has 0 saturated carbocycles. The first kappa shape index (κ1) is 18.8. The van der Waals surface area contributed by atoms with Gasteiger partial charge in [-0.15, -0.1) is 0 Å². The van der Waals surface area contributed by atoms with E-state index in [4.69, 9.17) is 4.84 Å². The van der Waals surface area contributed by atoms with Gasteiger partial charge in [-0.1, -0.05) is 44.2 Å². The monoisotopic (exact) mass is 368 g/mol. The van der Waals surface area contributed by atoms with Gasteiger partial charge in [0.15, 0.2) is 5.82 Å². The average Bonchev–Trinajstić information content (AvgIpc) is 3.02. The normalized spacial score (nSPS) is 11.3. The Hall–Kier alpha value is -2.93. The number of aromatic nitrogens is 2. The molecule has 0 N–H and O–H groups in total. The van der Waals surface area contributed by atoms with Crippen LogP contribution in [0.1, 0.15) is 19.4 Å². The zero-order valence-corrected chi connectivity index (χ0v) is 15.9. The van der Waals surface area contributed by atoms with Crippen LogP contribution in [0.2, 0.25) is 0 Å². The quantitative estimate of drug-likeness (QED) is 0.448. The molecule has 0 amide bonds. The predicted octanol–water partition coefficient (Wildman–Crippen LogP) is 3.69. The molecule has 0 aliphatic rings. The van der Waals surface area contributed by atoms with Crippen molar-refractivity contribution in [2.45, 2.75) is 20.8 Å². The highest BCUT2D eigenvalue weighted by atomic mass is 16.7. The molecular formula is C20H24N4O3. The largest absolute Gasteiger partial charge is 0.410 e. The molecule has 3 rings (SSSR count). The van der Waals surface area contributed by atoms with E-state index in [1.54, 1.807) is 23.8 Å². The van der Waals surface area contributed by atoms with Gasteiger partial charge in [0, 0.05) is 23.7 Å². The van der Waals surface area contributed by atoms with Gasteiger partial charge in [-0.05, 0) is 26.1 Å². The lowest BCUT2D eigenvalue weighted by Crippen LogP contribution is -2.30. The van der Waals surface area contributed by atoms with Crippen molar-refractivity contribution in [3.8, 4) is 11.4 Å². The summed E-state index contributed by atoms with van der Waals surface area (Å²) in [4.78, 5) is 24.0. The summed E-state index contributed by atoms with van der Waals surface area (Å²) in [6, 6.07) is 13.0. The van der Waals surface area contributed by atoms with Crippen molar-refractivity contribution in [3.05, 3.63) is 58.1 Å². The molecule has 0 bridgehead atoms. The molecular weight excluding hydrogens is 344 g/mol. The van der Waals surface area contributed by atoms with E-state index in [1.807, 2.05) is 30.3 Å². The molecule has 0 unspecified atom stereocenters. The molecule has 7 nitrogen and oxygen atoms in total. The molecule has 0 fully saturated rings. The van der Waals surface area contributed by atoms with Gasteiger partial charge in [0.05, 0.1) is 10.4 Å². The number of fused-ring (bicyclic) bond motifs is 1. The number of nitrogens with zero attached hydrogens (tertiary/aromatic N) is 4. The van der Waals surface area contributed by atoms with Crippen molar-refractivity contribution in [1.29, 1.82) is 0 Å². The average molecular weight is 368 g/mol. The predicted molar refractivity (Wildman–Crippen MR) is 106 cm³/mol. The molecule has 3 aromatic rings. The van der Waals surface area contributed by atoms with Gasteiger partial charge >= 0.3 is 0 Å². The highest BCUT2D eigenvalue weighted by molar-refractivity contribution is 5.83. The van der Waals surface area contributed by atoms with Crippen LogP contribution in [0.4, 0.5) is 5.69 Å². The second kappa shape index (κ2) is 8.18. The van der Waals surface area contributed by atoms with Gasteiger partial charge in [-0.25, -0.2) is 4.98 Å². The molecule has 0 saturated heterocycles. The summed E-state index contributed by atoms with van der Waals surface area (Å²) >= 11 is 0. The second-order valence-electron chi connectivity index (χ2n) is 6.34. The van der Waals surface area contributed by atoms with E-state index in [1.165, 1.54) is 0 Å². The van der Waals surface area contributed by atoms with Crippen LogP contribution in [0.15, 0.2) is 42.5 Å². The lowest BCUT2D eigenvalue weighted by Gasteiger charge is -2.19. The molecule has 2 aromatic carbocycles. The van der Waals surface area contributed by atoms with Crippen molar-refractivity contribution in [3.63, 3.8) is 0 Å². The maximum Gasteiger partial charge on any atom is 0.274 e. The third-order valence-corrected chi connectivity index (χ3v) is 4.68. The second-order valence-corrected chi connectivity index (χ2v) is 6.34. The zero-order chi connectivity index (χ0) is 19.4. The Kier molecular flexibility index (Phi) is 5.71. The summed E-state index contributed by atoms with van der Waals surface area (Å²) < 4.78 is 1.63. The Bertz CT molecular complexity index is 933. The smallest absolute Gasteiger partial charge is 0.274 e. The van der Waals surface area contributed by atoms with Crippen LogP contribution in [-0.4, -0.2) is 45.8 Å². The standard InChI is InChI=1S/C20H24N4O3/c1-4-22(5-2)11-12-27-23-19-14-18(24(25)26)15(3)13-17(19)21-20(23)16-9-7-6-8-10-16/h6-10,13-14H,4-5,11-12H2,1-3H3. The lowest BCUT2D eigenvalue weighted by atomic mass is 10.2. The fraction of sp³-hybridized carbons (Fsp3) is 0.350. The number of benzene rings is 2. The van der Waals surface area contributed by atoms with E-state index in [2.05, 4.69) is 23.7 Å². The van der Waals surface area contributed by atoms with Crippen molar-refractivity contribution >= 4 is 16.7 Å². The van der Waals surface area contributed by atoms with Gasteiger partial charge in [0.1, 0.15) is 12.1 Å². The fourth-order valence-corrected chi connectivity index (χ4v) is 3.09. The van der Waals surface area contributed by atoms with Crippen molar-refractivity contribution < 1.29 is 9.76 Å². The molecule has 0 aliphatic carbocycles. The molecule has 0 aliphatic heterocycles. The first-order chi connectivity index (χ1) is 13.0. The maximum atomic E-state index is 11.4. The molecule has 1 heterocycles. The molecule has 0 radical (unpaired) electrons. The van der Waals surface area contributed by atoms with Crippen LogP contribution in [0.25, 0.3) is 22.4 Å². The number of aryl methyl sites for hydroxylation is 1. The van der Waals surface area contributed by atoms with Crippen LogP contribution in [0.3, 0.4) is 0 Å². The third kappa shape index (κ3) is 3.93. The SMILES string of the molecule is CCN(CC)CCOn1c(-c2ccccc2)nc2cc(C)c([N+](=O)[O-])cc21. The Balaban J connectivity index is 2.05. The zero-order valence-electron chi connectivity index (χ0n) is 15.9. The summed E-state index contributed by atoms with van der Waals surface area (Å²) in [6.07, 6.45) is 0. The van der Waals surface area contributed by atoms with Crippen LogP contribution in [0.5, 0.6) is 0 Å². The highest BCUT2D eigenvalue weighted by Crippen LogP contribution is 2.29. The van der Waals surface area contributed by atoms with E-state index in [0.29, 0.717) is 29.0 Å². The Labute approximate surface area is 158 Å². The molecule has 27 heavy (non-hydrogen) atoms. The Morgan fingerprint density at radius 3 is 2.52 bits per heavy atom. The van der Waals surface area contributed by atoms with Crippen LogP contribution in [0, 0.1) is 17.0 Å². The molecule has 0 spiro atoms. The topological polar surface area (TPSA) is 73.4 Å². The van der Waals surface area contributed by atoms with Gasteiger partial charge in [-0.3, -0.25) is 10.1 Å². The fourth-order valence-electron chi connectivity index (χ4n) is 3.09. The molecule has 142 valence electrons. The van der Waals surface area contributed by atoms with Crippen molar-refractivity contribution in [2.24, 2.45) is 0 Å². The van der Waals surface area contributed by atoms with E-state index in [-0.39, 0.29) is 10.6 Å². The Morgan fingerprint density at radius 2 is 1.89 bits per heavy atom. The summed E-state index contributed by atoms with van der Waals surface area (Å²) in [5.41, 5.74) is 2.83. The van der Waals surface area contributed by atoms with Crippen LogP contribution in [-0.2, 0) is 0 Å². The number of likely N-dealkylation sites (N-methyl/N-ethyl adjacent to an activating group) is 1. The molecule has 0 atom stereocenters. The van der Waals surface area contributed by atoms with E-state index >= 15 is 0 Å². The number of hydrogen-bond acceptors (Lipinski definition) is 5. The number of rotatable bonds is 8. The number of nitro groups is 1. The van der Waals surface area contributed by atoms with Gasteiger partial charge in [0.25, 0.3) is 5.69 Å². The maximum absolute atomic E-state index is 11.4. The van der Waals surface area contributed by atoms with Gasteiger partial charge in [-0.2, -0.15) is 4.73 Å². The third-order valence-electron chi connectivity index (χ3n) is 4.68. The number of hydrogen-bond donors (Lipinski definition) is 0. The first-order valence-electron chi connectivity index (χ1n) is 9.13. The Morgan fingerprint density at radius 1 is 1.19 bits per heavy atom. The van der Waals surface area contributed by atoms with Crippen LogP contribution >= 0.6 is 0 Å². The van der Waals surface area contributed by atoms with Crippen molar-refractivity contribution in [2.75, 3.05) is 26.2 Å². The van der Waals surface area contributed by atoms with E-state index in [9.17, 15) is 10.1 Å². The summed E-state index contributed by atoms with van der Waals surface area (Å²) in [5, 5.41) is 11.4. The number of imidazole rings is 1. The summed E-state index contributed by atoms with van der Waals surface area (Å²) in [6.45, 7) is 9.07. The first-order valence-corrected chi connectivity index (χ1v) is 9.13.